The van der Waals surface area contributed by atoms with Crippen molar-refractivity contribution < 1.29 is 13.0 Å². The molecule has 1 aliphatic carbocycles. The van der Waals surface area contributed by atoms with E-state index in [1.54, 1.807) is 24.2 Å². The van der Waals surface area contributed by atoms with Gasteiger partial charge in [-0.25, -0.2) is 0 Å². The predicted molar refractivity (Wildman–Crippen MR) is 88.3 cm³/mol. The van der Waals surface area contributed by atoms with Gasteiger partial charge in [0.15, 0.2) is 0 Å². The fourth-order valence-corrected chi connectivity index (χ4v) is 5.46. The molecule has 4 rings (SSSR count). The molecule has 9 heteroatoms. The Morgan fingerprint density at radius 3 is 2.92 bits per heavy atom. The van der Waals surface area contributed by atoms with Gasteiger partial charge in [-0.15, -0.1) is 0 Å². The average molecular weight is 351 g/mol. The number of nitrogens with one attached hydrogen (secondary N) is 2. The normalized spacial score (nSPS) is 35.0. The molecule has 3 unspecified atom stereocenters. The topological polar surface area (TPSA) is 99.5 Å². The molecule has 3 aliphatic rings. The second-order valence-electron chi connectivity index (χ2n) is 6.51. The molecule has 2 saturated heterocycles. The van der Waals surface area contributed by atoms with Gasteiger partial charge < -0.3 is 10.2 Å². The second kappa shape index (κ2) is 4.92. The molecule has 0 amide bonds. The van der Waals surface area contributed by atoms with Crippen LogP contribution in [0.25, 0.3) is 0 Å². The van der Waals surface area contributed by atoms with Crippen LogP contribution >= 0.6 is 0 Å². The van der Waals surface area contributed by atoms with E-state index in [1.807, 2.05) is 19.1 Å². The second-order valence-corrected chi connectivity index (χ2v) is 8.05. The van der Waals surface area contributed by atoms with Gasteiger partial charge in [0.25, 0.3) is 4.99 Å². The Hall–Kier alpha value is -1.68. The third-order valence-electron chi connectivity index (χ3n) is 5.27. The van der Waals surface area contributed by atoms with Gasteiger partial charge in [0.05, 0.1) is 5.54 Å². The van der Waals surface area contributed by atoms with Crippen LogP contribution in [0.2, 0.25) is 0 Å². The summed E-state index contributed by atoms with van der Waals surface area (Å²) >= 11 is 0. The maximum Gasteiger partial charge on any atom is 0.310 e. The molecular weight excluding hydrogens is 330 g/mol. The Morgan fingerprint density at radius 1 is 1.50 bits per heavy atom. The zero-order valence-electron chi connectivity index (χ0n) is 13.6. The lowest BCUT2D eigenvalue weighted by atomic mass is 9.81. The summed E-state index contributed by atoms with van der Waals surface area (Å²) in [6.45, 7) is 3.63. The number of aromatic nitrogens is 2. The summed E-state index contributed by atoms with van der Waals surface area (Å²) in [6.07, 6.45) is 7.63. The number of hydrogen-bond donors (Lipinski definition) is 3. The number of hydrogen-bond acceptors (Lipinski definition) is 6. The summed E-state index contributed by atoms with van der Waals surface area (Å²) in [5, 5.41) is 10.9. The molecule has 1 aromatic rings. The van der Waals surface area contributed by atoms with Crippen molar-refractivity contribution in [1.29, 1.82) is 0 Å². The molecule has 0 aromatic carbocycles. The lowest BCUT2D eigenvalue weighted by molar-refractivity contribution is 0.208. The number of aryl methyl sites for hydroxylation is 1. The van der Waals surface area contributed by atoms with Gasteiger partial charge in [0.1, 0.15) is 5.69 Å². The fraction of sp³-hybridized carbons (Fsp3) is 0.533. The monoisotopic (exact) mass is 351 g/mol. The zero-order valence-corrected chi connectivity index (χ0v) is 14.4. The van der Waals surface area contributed by atoms with E-state index in [0.717, 1.165) is 12.2 Å². The van der Waals surface area contributed by atoms with Crippen molar-refractivity contribution in [3.63, 3.8) is 0 Å². The quantitative estimate of drug-likeness (QED) is 0.646. The highest BCUT2D eigenvalue weighted by molar-refractivity contribution is 7.86. The van der Waals surface area contributed by atoms with Crippen molar-refractivity contribution in [1.82, 2.24) is 25.3 Å². The van der Waals surface area contributed by atoms with Crippen LogP contribution in [0.1, 0.15) is 12.6 Å². The van der Waals surface area contributed by atoms with E-state index in [1.165, 1.54) is 4.68 Å². The van der Waals surface area contributed by atoms with E-state index in [9.17, 15) is 13.0 Å². The van der Waals surface area contributed by atoms with Crippen molar-refractivity contribution >= 4 is 10.1 Å². The lowest BCUT2D eigenvalue weighted by Gasteiger charge is -2.34. The van der Waals surface area contributed by atoms with E-state index >= 15 is 0 Å². The summed E-state index contributed by atoms with van der Waals surface area (Å²) in [4.78, 5) is -0.0701. The van der Waals surface area contributed by atoms with Gasteiger partial charge >= 0.3 is 10.1 Å². The number of nitrogens with zero attached hydrogens (tertiary/aromatic N) is 3. The van der Waals surface area contributed by atoms with Crippen LogP contribution in [0.4, 0.5) is 0 Å². The minimum absolute atomic E-state index is 0.110. The van der Waals surface area contributed by atoms with Gasteiger partial charge in [-0.3, -0.25) is 14.6 Å². The first-order valence-corrected chi connectivity index (χ1v) is 9.43. The van der Waals surface area contributed by atoms with Crippen LogP contribution in [-0.4, -0.2) is 52.8 Å². The molecule has 8 nitrogen and oxygen atoms in total. The Labute approximate surface area is 141 Å². The smallest absolute Gasteiger partial charge is 0.310 e. The lowest BCUT2D eigenvalue weighted by Crippen LogP contribution is -2.59. The Kier molecular flexibility index (Phi) is 3.24. The molecule has 3 heterocycles. The summed E-state index contributed by atoms with van der Waals surface area (Å²) in [7, 11) is -2.80. The van der Waals surface area contributed by atoms with Crippen molar-refractivity contribution in [2.45, 2.75) is 17.5 Å². The standard InChI is InChI=1S/C15H21N5O3S/c1-3-20-13-6-4-5-11-9-16-10-14(11,13)18-15(20,24(21,22)23)12-7-8-19(2)17-12/h4-8,11,16,18H,3,9-10H2,1-2H3,(H,21,22,23). The van der Waals surface area contributed by atoms with E-state index in [4.69, 9.17) is 0 Å². The maximum atomic E-state index is 12.6. The third kappa shape index (κ3) is 1.78. The number of rotatable bonds is 3. The van der Waals surface area contributed by atoms with Gasteiger partial charge in [-0.2, -0.15) is 13.5 Å². The summed E-state index contributed by atoms with van der Waals surface area (Å²) in [6, 6.07) is 1.63. The highest BCUT2D eigenvalue weighted by Crippen LogP contribution is 2.50. The van der Waals surface area contributed by atoms with Gasteiger partial charge in [-0.1, -0.05) is 12.2 Å². The number of likely N-dealkylation sites (N-methyl/N-ethyl adjacent to an activating group) is 1. The zero-order chi connectivity index (χ0) is 17.2. The van der Waals surface area contributed by atoms with Crippen LogP contribution in [0.15, 0.2) is 36.2 Å². The van der Waals surface area contributed by atoms with Gasteiger partial charge in [0.2, 0.25) is 0 Å². The Morgan fingerprint density at radius 2 is 2.29 bits per heavy atom. The SMILES string of the molecule is CCN1C2=CC=CC3CNCC23NC1(c1ccn(C)n1)S(=O)(=O)O. The molecule has 3 N–H and O–H groups in total. The average Bonchev–Trinajstić information content (AvgIpc) is 3.18. The van der Waals surface area contributed by atoms with Crippen molar-refractivity contribution in [2.75, 3.05) is 19.6 Å². The van der Waals surface area contributed by atoms with Crippen molar-refractivity contribution in [2.24, 2.45) is 13.0 Å². The molecule has 0 saturated carbocycles. The number of allylic oxidation sites excluding steroid dienone is 2. The summed E-state index contributed by atoms with van der Waals surface area (Å²) in [5.74, 6) is 0.110. The van der Waals surface area contributed by atoms with Gasteiger partial charge in [-0.05, 0) is 19.1 Å². The van der Waals surface area contributed by atoms with Crippen LogP contribution < -0.4 is 10.6 Å². The first kappa shape index (κ1) is 15.8. The van der Waals surface area contributed by atoms with E-state index in [-0.39, 0.29) is 11.6 Å². The third-order valence-corrected chi connectivity index (χ3v) is 6.55. The predicted octanol–water partition coefficient (Wildman–Crippen LogP) is -0.245. The molecule has 0 radical (unpaired) electrons. The molecule has 0 bridgehead atoms. The summed E-state index contributed by atoms with van der Waals surface area (Å²) in [5.41, 5.74) is 0.563. The molecule has 24 heavy (non-hydrogen) atoms. The van der Waals surface area contributed by atoms with Crippen LogP contribution in [0.5, 0.6) is 0 Å². The van der Waals surface area contributed by atoms with Crippen molar-refractivity contribution in [3.05, 3.63) is 41.9 Å². The Balaban J connectivity index is 1.99. The minimum atomic E-state index is -4.52. The highest BCUT2D eigenvalue weighted by atomic mass is 32.2. The van der Waals surface area contributed by atoms with E-state index in [2.05, 4.69) is 21.8 Å². The summed E-state index contributed by atoms with van der Waals surface area (Å²) < 4.78 is 37.0. The molecule has 1 spiro atoms. The first-order valence-electron chi connectivity index (χ1n) is 7.99. The minimum Gasteiger partial charge on any atom is -0.336 e. The van der Waals surface area contributed by atoms with Crippen LogP contribution in [0, 0.1) is 5.92 Å². The molecular formula is C15H21N5O3S. The molecule has 1 aromatic heterocycles. The molecule has 3 atom stereocenters. The van der Waals surface area contributed by atoms with Gasteiger partial charge in [0, 0.05) is 44.5 Å². The molecule has 2 fully saturated rings. The molecule has 2 aliphatic heterocycles. The van der Waals surface area contributed by atoms with Crippen LogP contribution in [-0.2, 0) is 22.2 Å². The first-order chi connectivity index (χ1) is 11.3. The largest absolute Gasteiger partial charge is 0.336 e. The Bertz CT molecular complexity index is 845. The van der Waals surface area contributed by atoms with E-state index < -0.39 is 20.7 Å². The molecule has 130 valence electrons. The highest BCUT2D eigenvalue weighted by Gasteiger charge is 2.67. The van der Waals surface area contributed by atoms with Crippen LogP contribution in [0.3, 0.4) is 0 Å². The van der Waals surface area contributed by atoms with Crippen molar-refractivity contribution in [3.8, 4) is 0 Å². The maximum absolute atomic E-state index is 12.6. The van der Waals surface area contributed by atoms with E-state index in [0.29, 0.717) is 13.1 Å². The fourth-order valence-electron chi connectivity index (χ4n) is 4.27.